The van der Waals surface area contributed by atoms with E-state index in [0.717, 1.165) is 22.2 Å². The highest BCUT2D eigenvalue weighted by atomic mass is 16.5. The van der Waals surface area contributed by atoms with E-state index in [0.29, 0.717) is 44.0 Å². The van der Waals surface area contributed by atoms with Crippen molar-refractivity contribution in [3.05, 3.63) is 71.4 Å². The highest BCUT2D eigenvalue weighted by Gasteiger charge is 2.35. The Balaban J connectivity index is 1.41. The number of amides is 2. The first kappa shape index (κ1) is 24.2. The van der Waals surface area contributed by atoms with Crippen molar-refractivity contribution >= 4 is 22.7 Å². The second-order valence-corrected chi connectivity index (χ2v) is 8.64. The van der Waals surface area contributed by atoms with Gasteiger partial charge in [-0.2, -0.15) is 0 Å². The Morgan fingerprint density at radius 3 is 2.74 bits per heavy atom. The number of rotatable bonds is 7. The van der Waals surface area contributed by atoms with Gasteiger partial charge in [-0.15, -0.1) is 6.42 Å². The van der Waals surface area contributed by atoms with Gasteiger partial charge in [-0.1, -0.05) is 24.1 Å². The van der Waals surface area contributed by atoms with E-state index in [1.165, 1.54) is 0 Å². The average Bonchev–Trinajstić information content (AvgIpc) is 2.87. The molecule has 1 fully saturated rings. The first-order valence-corrected chi connectivity index (χ1v) is 11.5. The van der Waals surface area contributed by atoms with Gasteiger partial charge >= 0.3 is 0 Å². The molecular formula is C27H28N4O4. The minimum Gasteiger partial charge on any atom is -0.489 e. The van der Waals surface area contributed by atoms with Crippen LogP contribution < -0.4 is 15.5 Å². The average molecular weight is 473 g/mol. The maximum absolute atomic E-state index is 12.9. The van der Waals surface area contributed by atoms with Gasteiger partial charge in [-0.05, 0) is 56.3 Å². The molecule has 35 heavy (non-hydrogen) atoms. The summed E-state index contributed by atoms with van der Waals surface area (Å²) in [5, 5.41) is 13.1. The van der Waals surface area contributed by atoms with E-state index < -0.39 is 17.9 Å². The predicted octanol–water partition coefficient (Wildman–Crippen LogP) is 2.68. The number of hydrogen-bond acceptors (Lipinski definition) is 6. The highest BCUT2D eigenvalue weighted by molar-refractivity contribution is 5.95. The number of carbonyl (C=O) groups excluding carboxylic acids is 2. The predicted molar refractivity (Wildman–Crippen MR) is 132 cm³/mol. The third-order valence-corrected chi connectivity index (χ3v) is 6.22. The number of carbonyl (C=O) groups is 2. The number of hydroxylamine groups is 1. The summed E-state index contributed by atoms with van der Waals surface area (Å²) >= 11 is 0. The molecule has 3 aromatic rings. The molecule has 4 rings (SSSR count). The molecule has 0 spiro atoms. The number of aryl methyl sites for hydroxylation is 1. The van der Waals surface area contributed by atoms with Crippen LogP contribution in [0.15, 0.2) is 54.6 Å². The fourth-order valence-electron chi connectivity index (χ4n) is 4.46. The topological polar surface area (TPSA) is 104 Å². The standard InChI is InChI=1S/C27H28N4O4/c1-3-13-31-14-12-23(27(33)30-34)25(16-31)29-26(32)19-8-10-21(11-9-19)35-17-20-15-18(2)28-24-7-5-4-6-22(20)24/h1,4-11,15,23,25,34H,12-14,16-17H2,2H3,(H,29,32)(H,30,33)/t23-,25+/m0/s1. The van der Waals surface area contributed by atoms with Gasteiger partial charge in [-0.3, -0.25) is 24.7 Å². The number of aromatic nitrogens is 1. The maximum Gasteiger partial charge on any atom is 0.251 e. The van der Waals surface area contributed by atoms with Crippen LogP contribution in [0.25, 0.3) is 10.9 Å². The SMILES string of the molecule is C#CCN1CC[C@H](C(=O)NO)[C@H](NC(=O)c2ccc(OCc3cc(C)nc4ccccc34)cc2)C1. The van der Waals surface area contributed by atoms with Gasteiger partial charge in [0, 0.05) is 28.8 Å². The zero-order valence-corrected chi connectivity index (χ0v) is 19.5. The lowest BCUT2D eigenvalue weighted by Gasteiger charge is -2.37. The van der Waals surface area contributed by atoms with E-state index in [9.17, 15) is 9.59 Å². The van der Waals surface area contributed by atoms with Crippen molar-refractivity contribution in [3.8, 4) is 18.1 Å². The number of ether oxygens (including phenoxy) is 1. The van der Waals surface area contributed by atoms with Crippen LogP contribution in [0, 0.1) is 25.2 Å². The molecule has 0 unspecified atom stereocenters. The van der Waals surface area contributed by atoms with Crippen LogP contribution >= 0.6 is 0 Å². The lowest BCUT2D eigenvalue weighted by molar-refractivity contribution is -0.135. The molecule has 2 amide bonds. The van der Waals surface area contributed by atoms with Crippen molar-refractivity contribution in [3.63, 3.8) is 0 Å². The maximum atomic E-state index is 12.9. The molecule has 2 aromatic carbocycles. The van der Waals surface area contributed by atoms with Crippen molar-refractivity contribution < 1.29 is 19.5 Å². The third-order valence-electron chi connectivity index (χ3n) is 6.22. The van der Waals surface area contributed by atoms with E-state index in [-0.39, 0.29) is 5.91 Å². The lowest BCUT2D eigenvalue weighted by Crippen LogP contribution is -2.56. The van der Waals surface area contributed by atoms with Crippen LogP contribution in [-0.2, 0) is 11.4 Å². The first-order valence-electron chi connectivity index (χ1n) is 11.5. The summed E-state index contributed by atoms with van der Waals surface area (Å²) in [5.74, 6) is 1.86. The molecule has 0 aliphatic carbocycles. The summed E-state index contributed by atoms with van der Waals surface area (Å²) in [7, 11) is 0. The minimum absolute atomic E-state index is 0.310. The van der Waals surface area contributed by atoms with Crippen LogP contribution in [0.1, 0.15) is 28.0 Å². The number of fused-ring (bicyclic) bond motifs is 1. The molecule has 2 atom stereocenters. The normalized spacial score (nSPS) is 18.0. The summed E-state index contributed by atoms with van der Waals surface area (Å²) in [5.41, 5.74) is 5.04. The second-order valence-electron chi connectivity index (χ2n) is 8.64. The van der Waals surface area contributed by atoms with Gasteiger partial charge in [0.1, 0.15) is 12.4 Å². The van der Waals surface area contributed by atoms with Crippen molar-refractivity contribution in [1.29, 1.82) is 0 Å². The zero-order valence-electron chi connectivity index (χ0n) is 19.5. The number of pyridine rings is 1. The number of nitrogens with one attached hydrogen (secondary N) is 2. The van der Waals surface area contributed by atoms with E-state index in [2.05, 4.69) is 16.2 Å². The number of para-hydroxylation sites is 1. The number of likely N-dealkylation sites (tertiary alicyclic amines) is 1. The Morgan fingerprint density at radius 1 is 1.23 bits per heavy atom. The fourth-order valence-corrected chi connectivity index (χ4v) is 4.46. The van der Waals surface area contributed by atoms with Crippen LogP contribution in [0.2, 0.25) is 0 Å². The smallest absolute Gasteiger partial charge is 0.251 e. The Kier molecular flexibility index (Phi) is 7.60. The summed E-state index contributed by atoms with van der Waals surface area (Å²) in [6, 6.07) is 16.3. The van der Waals surface area contributed by atoms with Crippen LogP contribution in [0.5, 0.6) is 5.75 Å². The second kappa shape index (κ2) is 11.0. The molecule has 3 N–H and O–H groups in total. The van der Waals surface area contributed by atoms with E-state index in [1.807, 2.05) is 42.2 Å². The lowest BCUT2D eigenvalue weighted by atomic mass is 9.90. The van der Waals surface area contributed by atoms with Gasteiger partial charge in [0.25, 0.3) is 5.91 Å². The molecule has 8 heteroatoms. The summed E-state index contributed by atoms with van der Waals surface area (Å²) in [6.45, 7) is 3.80. The number of benzene rings is 2. The molecule has 1 aromatic heterocycles. The van der Waals surface area contributed by atoms with Crippen molar-refractivity contribution in [1.82, 2.24) is 20.7 Å². The van der Waals surface area contributed by atoms with Crippen molar-refractivity contribution in [2.24, 2.45) is 5.92 Å². The van der Waals surface area contributed by atoms with Crippen LogP contribution in [0.3, 0.4) is 0 Å². The monoisotopic (exact) mass is 472 g/mol. The molecular weight excluding hydrogens is 444 g/mol. The Hall–Kier alpha value is -3.93. The van der Waals surface area contributed by atoms with E-state index in [1.54, 1.807) is 29.7 Å². The number of piperidine rings is 1. The molecule has 0 saturated carbocycles. The Labute approximate surface area is 204 Å². The number of terminal acetylenes is 1. The molecule has 1 aliphatic rings. The highest BCUT2D eigenvalue weighted by Crippen LogP contribution is 2.22. The zero-order chi connectivity index (χ0) is 24.8. The molecule has 2 heterocycles. The molecule has 0 bridgehead atoms. The Bertz CT molecular complexity index is 1250. The number of hydrogen-bond donors (Lipinski definition) is 3. The molecule has 8 nitrogen and oxygen atoms in total. The molecule has 1 saturated heterocycles. The molecule has 0 radical (unpaired) electrons. The van der Waals surface area contributed by atoms with Crippen molar-refractivity contribution in [2.75, 3.05) is 19.6 Å². The Morgan fingerprint density at radius 2 is 2.00 bits per heavy atom. The van der Waals surface area contributed by atoms with Crippen LogP contribution in [-0.4, -0.2) is 52.6 Å². The van der Waals surface area contributed by atoms with E-state index in [4.69, 9.17) is 16.4 Å². The third kappa shape index (κ3) is 5.77. The fraction of sp³-hybridized carbons (Fsp3) is 0.296. The largest absolute Gasteiger partial charge is 0.489 e. The summed E-state index contributed by atoms with van der Waals surface area (Å²) in [4.78, 5) is 31.5. The van der Waals surface area contributed by atoms with Crippen molar-refractivity contribution in [2.45, 2.75) is 26.0 Å². The summed E-state index contributed by atoms with van der Waals surface area (Å²) < 4.78 is 5.98. The first-order chi connectivity index (χ1) is 17.0. The minimum atomic E-state index is -0.542. The number of nitrogens with zero attached hydrogens (tertiary/aromatic N) is 2. The van der Waals surface area contributed by atoms with Gasteiger partial charge in [-0.25, -0.2) is 5.48 Å². The van der Waals surface area contributed by atoms with Crippen LogP contribution in [0.4, 0.5) is 0 Å². The molecule has 1 aliphatic heterocycles. The van der Waals surface area contributed by atoms with Gasteiger partial charge in [0.15, 0.2) is 0 Å². The summed E-state index contributed by atoms with van der Waals surface area (Å²) in [6.07, 6.45) is 5.90. The molecule has 180 valence electrons. The van der Waals surface area contributed by atoms with Gasteiger partial charge in [0.05, 0.1) is 24.0 Å². The van der Waals surface area contributed by atoms with Gasteiger partial charge in [0.2, 0.25) is 5.91 Å². The van der Waals surface area contributed by atoms with E-state index >= 15 is 0 Å². The van der Waals surface area contributed by atoms with Gasteiger partial charge < -0.3 is 10.1 Å². The quantitative estimate of drug-likeness (QED) is 0.278.